The third-order valence-electron chi connectivity index (χ3n) is 4.54. The monoisotopic (exact) mass is 375 g/mol. The molecule has 134 valence electrons. The Bertz CT molecular complexity index is 713. The van der Waals surface area contributed by atoms with Gasteiger partial charge < -0.3 is 15.8 Å². The number of halogens is 1. The van der Waals surface area contributed by atoms with Crippen LogP contribution in [-0.2, 0) is 10.0 Å². The zero-order valence-corrected chi connectivity index (χ0v) is 15.0. The van der Waals surface area contributed by atoms with Gasteiger partial charge in [-0.2, -0.15) is 0 Å². The lowest BCUT2D eigenvalue weighted by atomic mass is 10.0. The molecule has 1 amide bonds. The molecule has 2 fully saturated rings. The molecule has 2 heterocycles. The van der Waals surface area contributed by atoms with Crippen molar-refractivity contribution >= 4 is 28.3 Å². The smallest absolute Gasteiger partial charge is 0.252 e. The van der Waals surface area contributed by atoms with Crippen molar-refractivity contribution in [2.45, 2.75) is 48.7 Å². The summed E-state index contributed by atoms with van der Waals surface area (Å²) < 4.78 is 33.0. The van der Waals surface area contributed by atoms with Gasteiger partial charge in [0.05, 0.1) is 17.6 Å². The molecule has 0 saturated carbocycles. The van der Waals surface area contributed by atoms with E-state index in [0.29, 0.717) is 12.1 Å². The maximum atomic E-state index is 12.6. The number of carbonyl (C=O) groups is 1. The summed E-state index contributed by atoms with van der Waals surface area (Å²) in [6.07, 6.45) is 3.76. The Morgan fingerprint density at radius 3 is 2.46 bits per heavy atom. The van der Waals surface area contributed by atoms with Gasteiger partial charge in [0.2, 0.25) is 10.0 Å². The normalized spacial score (nSPS) is 25.8. The molecule has 9 heteroatoms. The first-order valence-electron chi connectivity index (χ1n) is 7.65. The molecule has 2 saturated heterocycles. The number of hydrogen-bond donors (Lipinski definition) is 3. The van der Waals surface area contributed by atoms with E-state index < -0.39 is 15.9 Å². The number of fused-ring (bicyclic) bond motifs is 2. The number of benzene rings is 1. The third-order valence-corrected chi connectivity index (χ3v) is 6.06. The Labute approximate surface area is 147 Å². The van der Waals surface area contributed by atoms with Crippen LogP contribution in [0.2, 0.25) is 0 Å². The Hall–Kier alpha value is -1.35. The first-order valence-corrected chi connectivity index (χ1v) is 9.13. The molecule has 2 aliphatic rings. The van der Waals surface area contributed by atoms with Gasteiger partial charge in [-0.05, 0) is 43.9 Å². The van der Waals surface area contributed by atoms with Gasteiger partial charge in [0, 0.05) is 18.1 Å². The van der Waals surface area contributed by atoms with Crippen molar-refractivity contribution in [3.63, 3.8) is 0 Å². The predicted octanol–water partition coefficient (Wildman–Crippen LogP) is 0.777. The number of nitrogens with one attached hydrogen (secondary N) is 2. The fourth-order valence-electron chi connectivity index (χ4n) is 3.49. The third kappa shape index (κ3) is 3.83. The largest absolute Gasteiger partial charge is 0.496 e. The van der Waals surface area contributed by atoms with Gasteiger partial charge in [0.15, 0.2) is 0 Å². The van der Waals surface area contributed by atoms with Crippen LogP contribution in [-0.4, -0.2) is 39.6 Å². The van der Waals surface area contributed by atoms with Crippen LogP contribution in [0.1, 0.15) is 36.0 Å². The number of ether oxygens (including phenoxy) is 1. The molecule has 0 spiro atoms. The van der Waals surface area contributed by atoms with Crippen LogP contribution < -0.4 is 20.5 Å². The Balaban J connectivity index is 0.00000208. The lowest BCUT2D eigenvalue weighted by molar-refractivity contribution is 0.0997. The molecule has 0 aliphatic carbocycles. The van der Waals surface area contributed by atoms with Crippen LogP contribution in [0, 0.1) is 0 Å². The van der Waals surface area contributed by atoms with Crippen molar-refractivity contribution in [1.29, 1.82) is 0 Å². The fourth-order valence-corrected chi connectivity index (χ4v) is 4.78. The van der Waals surface area contributed by atoms with Crippen molar-refractivity contribution in [3.05, 3.63) is 23.8 Å². The molecule has 3 rings (SSSR count). The van der Waals surface area contributed by atoms with Crippen LogP contribution in [0.4, 0.5) is 0 Å². The SMILES string of the molecule is COc1ccc(S(=O)(=O)NC2CC3CCC(C2)N3)cc1C(N)=O.Cl. The van der Waals surface area contributed by atoms with Crippen LogP contribution in [0.15, 0.2) is 23.1 Å². The van der Waals surface area contributed by atoms with Gasteiger partial charge in [0.25, 0.3) is 5.91 Å². The van der Waals surface area contributed by atoms with Gasteiger partial charge in [-0.15, -0.1) is 12.4 Å². The van der Waals surface area contributed by atoms with E-state index in [1.807, 2.05) is 0 Å². The number of piperidine rings is 1. The highest BCUT2D eigenvalue weighted by Gasteiger charge is 2.35. The summed E-state index contributed by atoms with van der Waals surface area (Å²) in [6.45, 7) is 0. The van der Waals surface area contributed by atoms with E-state index in [-0.39, 0.29) is 34.7 Å². The maximum Gasteiger partial charge on any atom is 0.252 e. The minimum absolute atomic E-state index is 0. The van der Waals surface area contributed by atoms with E-state index in [1.165, 1.54) is 25.3 Å². The van der Waals surface area contributed by atoms with Crippen molar-refractivity contribution < 1.29 is 17.9 Å². The molecule has 24 heavy (non-hydrogen) atoms. The molecule has 2 aliphatic heterocycles. The van der Waals surface area contributed by atoms with E-state index in [1.54, 1.807) is 0 Å². The lowest BCUT2D eigenvalue weighted by Crippen LogP contribution is -2.47. The molecular weight excluding hydrogens is 354 g/mol. The first-order chi connectivity index (χ1) is 10.9. The Kier molecular flexibility index (Phi) is 5.74. The standard InChI is InChI=1S/C15H21N3O4S.ClH/c1-22-14-5-4-12(8-13(14)15(16)19)23(20,21)18-11-6-9-2-3-10(7-11)17-9;/h4-5,8-11,17-18H,2-3,6-7H2,1H3,(H2,16,19);1H. The zero-order valence-electron chi connectivity index (χ0n) is 13.3. The number of methoxy groups -OCH3 is 1. The van der Waals surface area contributed by atoms with E-state index >= 15 is 0 Å². The van der Waals surface area contributed by atoms with Gasteiger partial charge >= 0.3 is 0 Å². The number of nitrogens with two attached hydrogens (primary N) is 1. The number of primary amides is 1. The minimum Gasteiger partial charge on any atom is -0.496 e. The number of rotatable bonds is 5. The molecule has 7 nitrogen and oxygen atoms in total. The fraction of sp³-hybridized carbons (Fsp3) is 0.533. The summed E-state index contributed by atoms with van der Waals surface area (Å²) in [4.78, 5) is 11.5. The predicted molar refractivity (Wildman–Crippen MR) is 92.0 cm³/mol. The quantitative estimate of drug-likeness (QED) is 0.704. The average molecular weight is 376 g/mol. The second-order valence-electron chi connectivity index (χ2n) is 6.15. The summed E-state index contributed by atoms with van der Waals surface area (Å²) in [5.41, 5.74) is 5.35. The van der Waals surface area contributed by atoms with Crippen molar-refractivity contribution in [2.75, 3.05) is 7.11 Å². The van der Waals surface area contributed by atoms with Crippen LogP contribution in [0.25, 0.3) is 0 Å². The Morgan fingerprint density at radius 2 is 1.92 bits per heavy atom. The summed E-state index contributed by atoms with van der Waals surface area (Å²) in [5, 5.41) is 3.47. The number of amides is 1. The van der Waals surface area contributed by atoms with Crippen molar-refractivity contribution in [3.8, 4) is 5.75 Å². The Morgan fingerprint density at radius 1 is 1.29 bits per heavy atom. The molecule has 2 atom stereocenters. The van der Waals surface area contributed by atoms with E-state index in [9.17, 15) is 13.2 Å². The molecule has 0 aromatic heterocycles. The highest BCUT2D eigenvalue weighted by atomic mass is 35.5. The summed E-state index contributed by atoms with van der Waals surface area (Å²) >= 11 is 0. The molecule has 2 bridgehead atoms. The van der Waals surface area contributed by atoms with E-state index in [0.717, 1.165) is 25.7 Å². The van der Waals surface area contributed by atoms with Crippen LogP contribution >= 0.6 is 12.4 Å². The highest BCUT2D eigenvalue weighted by Crippen LogP contribution is 2.28. The van der Waals surface area contributed by atoms with Crippen molar-refractivity contribution in [2.24, 2.45) is 5.73 Å². The van der Waals surface area contributed by atoms with Gasteiger partial charge in [0.1, 0.15) is 5.75 Å². The van der Waals surface area contributed by atoms with E-state index in [4.69, 9.17) is 10.5 Å². The molecular formula is C15H22ClN3O4S. The van der Waals surface area contributed by atoms with Crippen LogP contribution in [0.3, 0.4) is 0 Å². The number of hydrogen-bond acceptors (Lipinski definition) is 5. The molecule has 4 N–H and O–H groups in total. The number of sulfonamides is 1. The zero-order chi connectivity index (χ0) is 16.6. The topological polar surface area (TPSA) is 111 Å². The van der Waals surface area contributed by atoms with Gasteiger partial charge in [-0.1, -0.05) is 0 Å². The molecule has 0 radical (unpaired) electrons. The minimum atomic E-state index is -3.70. The molecule has 2 unspecified atom stereocenters. The number of carbonyl (C=O) groups excluding carboxylic acids is 1. The second-order valence-corrected chi connectivity index (χ2v) is 7.87. The molecule has 1 aromatic rings. The summed E-state index contributed by atoms with van der Waals surface area (Å²) in [5.74, 6) is -0.463. The average Bonchev–Trinajstić information content (AvgIpc) is 2.85. The summed E-state index contributed by atoms with van der Waals surface area (Å²) in [6, 6.07) is 4.82. The van der Waals surface area contributed by atoms with Gasteiger partial charge in [-0.3, -0.25) is 4.79 Å². The summed E-state index contributed by atoms with van der Waals surface area (Å²) in [7, 11) is -2.30. The molecule has 1 aromatic carbocycles. The second kappa shape index (κ2) is 7.26. The van der Waals surface area contributed by atoms with Gasteiger partial charge in [-0.25, -0.2) is 13.1 Å². The van der Waals surface area contributed by atoms with Crippen molar-refractivity contribution in [1.82, 2.24) is 10.0 Å². The first kappa shape index (κ1) is 19.0. The van der Waals surface area contributed by atoms with Crippen LogP contribution in [0.5, 0.6) is 5.75 Å². The van der Waals surface area contributed by atoms with E-state index in [2.05, 4.69) is 10.0 Å². The maximum absolute atomic E-state index is 12.6. The lowest BCUT2D eigenvalue weighted by Gasteiger charge is -2.29. The highest BCUT2D eigenvalue weighted by molar-refractivity contribution is 7.89.